The van der Waals surface area contributed by atoms with Crippen LogP contribution in [0.15, 0.2) is 70.7 Å². The van der Waals surface area contributed by atoms with Crippen LogP contribution in [0.5, 0.6) is 5.75 Å². The number of carbonyl (C=O) groups is 2. The highest BCUT2D eigenvalue weighted by molar-refractivity contribution is 6.51. The fourth-order valence-electron chi connectivity index (χ4n) is 3.63. The molecular weight excluding hydrogens is 418 g/mol. The van der Waals surface area contributed by atoms with Crippen molar-refractivity contribution in [3.63, 3.8) is 0 Å². The molecule has 3 aromatic rings. The van der Waals surface area contributed by atoms with Crippen LogP contribution in [0.4, 0.5) is 5.69 Å². The predicted molar refractivity (Wildman–Crippen MR) is 117 cm³/mol. The molecule has 1 saturated heterocycles. The van der Waals surface area contributed by atoms with Crippen LogP contribution in [0.1, 0.15) is 30.0 Å². The van der Waals surface area contributed by atoms with Crippen LogP contribution in [0.3, 0.4) is 0 Å². The number of ether oxygens (including phenoxy) is 1. The number of para-hydroxylation sites is 1. The fraction of sp³-hybridized carbons (Fsp3) is 0.167. The number of aliphatic hydroxyl groups excluding tert-OH is 1. The molecule has 6 nitrogen and oxygen atoms in total. The summed E-state index contributed by atoms with van der Waals surface area (Å²) >= 11 is 6.15. The first-order valence-corrected chi connectivity index (χ1v) is 10.1. The highest BCUT2D eigenvalue weighted by atomic mass is 35.5. The number of carbonyl (C=O) groups excluding carboxylic acids is 2. The molecule has 158 valence electrons. The zero-order valence-electron chi connectivity index (χ0n) is 17.0. The maximum Gasteiger partial charge on any atom is 0.300 e. The molecule has 1 N–H and O–H groups in total. The Labute approximate surface area is 184 Å². The summed E-state index contributed by atoms with van der Waals surface area (Å²) in [5.74, 6) is -0.497. The highest BCUT2D eigenvalue weighted by Gasteiger charge is 2.48. The lowest BCUT2D eigenvalue weighted by Crippen LogP contribution is -2.29. The van der Waals surface area contributed by atoms with Gasteiger partial charge in [-0.3, -0.25) is 14.5 Å². The van der Waals surface area contributed by atoms with Crippen LogP contribution in [0.25, 0.3) is 5.76 Å². The smallest absolute Gasteiger partial charge is 0.300 e. The van der Waals surface area contributed by atoms with Gasteiger partial charge < -0.3 is 14.3 Å². The minimum Gasteiger partial charge on any atom is -0.507 e. The molecule has 1 aliphatic rings. The van der Waals surface area contributed by atoms with Crippen LogP contribution < -0.4 is 9.64 Å². The van der Waals surface area contributed by atoms with Crippen molar-refractivity contribution in [1.82, 2.24) is 0 Å². The Morgan fingerprint density at radius 2 is 1.87 bits per heavy atom. The monoisotopic (exact) mass is 437 g/mol. The zero-order valence-corrected chi connectivity index (χ0v) is 17.7. The van der Waals surface area contributed by atoms with Crippen LogP contribution in [0.2, 0.25) is 5.02 Å². The van der Waals surface area contributed by atoms with Crippen molar-refractivity contribution in [2.75, 3.05) is 11.5 Å². The Balaban J connectivity index is 1.91. The molecule has 0 aliphatic carbocycles. The first-order chi connectivity index (χ1) is 14.9. The highest BCUT2D eigenvalue weighted by Crippen LogP contribution is 2.43. The van der Waals surface area contributed by atoms with Crippen molar-refractivity contribution in [1.29, 1.82) is 0 Å². The van der Waals surface area contributed by atoms with Gasteiger partial charge in [-0.2, -0.15) is 0 Å². The number of hydrogen-bond acceptors (Lipinski definition) is 5. The van der Waals surface area contributed by atoms with Crippen molar-refractivity contribution >= 4 is 34.7 Å². The fourth-order valence-corrected chi connectivity index (χ4v) is 3.80. The topological polar surface area (TPSA) is 80.0 Å². The summed E-state index contributed by atoms with van der Waals surface area (Å²) in [7, 11) is 0. The minimum absolute atomic E-state index is 0.0621. The SMILES string of the molecule is CCOc1cc(/C(O)=C2/C(=O)C(=O)N(c3ccccc3)C2c2ccc(C)o2)ccc1Cl. The number of ketones is 1. The molecule has 1 fully saturated rings. The van der Waals surface area contributed by atoms with Gasteiger partial charge in [-0.25, -0.2) is 0 Å². The lowest BCUT2D eigenvalue weighted by molar-refractivity contribution is -0.132. The second-order valence-corrected chi connectivity index (χ2v) is 7.44. The zero-order chi connectivity index (χ0) is 22.1. The van der Waals surface area contributed by atoms with Gasteiger partial charge in [-0.1, -0.05) is 29.8 Å². The van der Waals surface area contributed by atoms with E-state index < -0.39 is 17.7 Å². The summed E-state index contributed by atoms with van der Waals surface area (Å²) in [5, 5.41) is 11.5. The normalized spacial score (nSPS) is 17.9. The average Bonchev–Trinajstić information content (AvgIpc) is 3.31. The second-order valence-electron chi connectivity index (χ2n) is 7.03. The molecule has 0 radical (unpaired) electrons. The third kappa shape index (κ3) is 3.70. The van der Waals surface area contributed by atoms with Gasteiger partial charge in [0.25, 0.3) is 11.7 Å². The number of aryl methyl sites for hydroxylation is 1. The van der Waals surface area contributed by atoms with Crippen molar-refractivity contribution in [3.8, 4) is 5.75 Å². The predicted octanol–water partition coefficient (Wildman–Crippen LogP) is 5.27. The Kier molecular flexibility index (Phi) is 5.57. The van der Waals surface area contributed by atoms with Crippen LogP contribution in [-0.4, -0.2) is 23.4 Å². The molecular formula is C24H20ClNO5. The average molecular weight is 438 g/mol. The van der Waals surface area contributed by atoms with E-state index in [1.807, 2.05) is 13.0 Å². The Hall–Kier alpha value is -3.51. The van der Waals surface area contributed by atoms with Gasteiger partial charge in [0, 0.05) is 11.3 Å². The lowest BCUT2D eigenvalue weighted by Gasteiger charge is -2.23. The second kappa shape index (κ2) is 8.32. The number of rotatable bonds is 5. The van der Waals surface area contributed by atoms with Crippen molar-refractivity contribution in [2.24, 2.45) is 0 Å². The molecule has 0 saturated carbocycles. The number of halogens is 1. The molecule has 1 aliphatic heterocycles. The summed E-state index contributed by atoms with van der Waals surface area (Å²) in [6.07, 6.45) is 0. The number of anilines is 1. The van der Waals surface area contributed by atoms with Gasteiger partial charge in [0.05, 0.1) is 17.2 Å². The maximum absolute atomic E-state index is 13.1. The Bertz CT molecular complexity index is 1180. The number of nitrogens with zero attached hydrogens (tertiary/aromatic N) is 1. The van der Waals surface area contributed by atoms with Crippen molar-refractivity contribution in [2.45, 2.75) is 19.9 Å². The number of amides is 1. The quantitative estimate of drug-likeness (QED) is 0.334. The van der Waals surface area contributed by atoms with Gasteiger partial charge in [0.2, 0.25) is 0 Å². The Morgan fingerprint density at radius 1 is 1.13 bits per heavy atom. The molecule has 0 spiro atoms. The van der Waals surface area contributed by atoms with Crippen LogP contribution in [-0.2, 0) is 9.59 Å². The summed E-state index contributed by atoms with van der Waals surface area (Å²) in [6.45, 7) is 3.97. The van der Waals surface area contributed by atoms with Gasteiger partial charge in [-0.15, -0.1) is 0 Å². The van der Waals surface area contributed by atoms with E-state index in [0.29, 0.717) is 40.2 Å². The molecule has 1 unspecified atom stereocenters. The van der Waals surface area contributed by atoms with E-state index in [2.05, 4.69) is 0 Å². The molecule has 1 amide bonds. The Morgan fingerprint density at radius 3 is 2.52 bits per heavy atom. The first kappa shape index (κ1) is 20.8. The van der Waals surface area contributed by atoms with Gasteiger partial charge in [0.1, 0.15) is 29.1 Å². The largest absolute Gasteiger partial charge is 0.507 e. The van der Waals surface area contributed by atoms with Crippen molar-refractivity contribution in [3.05, 3.63) is 88.3 Å². The van der Waals surface area contributed by atoms with E-state index in [0.717, 1.165) is 0 Å². The van der Waals surface area contributed by atoms with E-state index in [-0.39, 0.29) is 11.3 Å². The summed E-state index contributed by atoms with van der Waals surface area (Å²) in [4.78, 5) is 27.4. The summed E-state index contributed by atoms with van der Waals surface area (Å²) < 4.78 is 11.3. The lowest BCUT2D eigenvalue weighted by atomic mass is 9.99. The molecule has 4 rings (SSSR count). The number of benzene rings is 2. The van der Waals surface area contributed by atoms with E-state index in [1.165, 1.54) is 4.90 Å². The van der Waals surface area contributed by atoms with E-state index >= 15 is 0 Å². The summed E-state index contributed by atoms with van der Waals surface area (Å²) in [6, 6.07) is 16.0. The maximum atomic E-state index is 13.1. The van der Waals surface area contributed by atoms with E-state index in [1.54, 1.807) is 61.5 Å². The summed E-state index contributed by atoms with van der Waals surface area (Å²) in [5.41, 5.74) is 0.772. The molecule has 31 heavy (non-hydrogen) atoms. The molecule has 0 bridgehead atoms. The van der Waals surface area contributed by atoms with E-state index in [4.69, 9.17) is 20.8 Å². The van der Waals surface area contributed by atoms with Gasteiger partial charge in [-0.05, 0) is 56.3 Å². The van der Waals surface area contributed by atoms with Crippen LogP contribution >= 0.6 is 11.6 Å². The number of hydrogen-bond donors (Lipinski definition) is 1. The molecule has 1 atom stereocenters. The van der Waals surface area contributed by atoms with Crippen molar-refractivity contribution < 1.29 is 23.8 Å². The molecule has 1 aromatic heterocycles. The van der Waals surface area contributed by atoms with E-state index in [9.17, 15) is 14.7 Å². The minimum atomic E-state index is -0.915. The third-order valence-corrected chi connectivity index (χ3v) is 5.33. The first-order valence-electron chi connectivity index (χ1n) is 9.77. The molecule has 2 heterocycles. The number of furan rings is 1. The van der Waals surface area contributed by atoms with Gasteiger partial charge in [0.15, 0.2) is 0 Å². The molecule has 2 aromatic carbocycles. The standard InChI is InChI=1S/C24H20ClNO5/c1-3-30-19-13-15(10-11-17(19)25)22(27)20-21(18-12-9-14(2)31-18)26(24(29)23(20)28)16-7-5-4-6-8-16/h4-13,21,27H,3H2,1-2H3/b22-20-. The van der Waals surface area contributed by atoms with Crippen LogP contribution in [0, 0.1) is 6.92 Å². The molecule has 7 heteroatoms. The van der Waals surface area contributed by atoms with Gasteiger partial charge >= 0.3 is 0 Å². The number of Topliss-reactive ketones (excluding diaryl/α,β-unsaturated/α-hetero) is 1. The third-order valence-electron chi connectivity index (χ3n) is 5.01. The number of aliphatic hydroxyl groups is 1.